The van der Waals surface area contributed by atoms with Crippen molar-refractivity contribution in [1.82, 2.24) is 10.3 Å². The van der Waals surface area contributed by atoms with Gasteiger partial charge < -0.3 is 10.2 Å². The number of carbonyl (C=O) groups excluding carboxylic acids is 1. The van der Waals surface area contributed by atoms with Gasteiger partial charge in [0.25, 0.3) is 0 Å². The fourth-order valence-electron chi connectivity index (χ4n) is 3.21. The SMILES string of the molecule is O=C(NC1CC1)C1CCCN1c1ccnc2ccc(Br)cc12. The van der Waals surface area contributed by atoms with Crippen LogP contribution in [-0.2, 0) is 4.79 Å². The maximum Gasteiger partial charge on any atom is 0.242 e. The van der Waals surface area contributed by atoms with E-state index in [-0.39, 0.29) is 11.9 Å². The second-order valence-corrected chi connectivity index (χ2v) is 7.04. The molecule has 0 spiro atoms. The fourth-order valence-corrected chi connectivity index (χ4v) is 3.57. The molecule has 1 N–H and O–H groups in total. The third kappa shape index (κ3) is 2.58. The molecule has 2 aromatic rings. The standard InChI is InChI=1S/C17H18BrN3O/c18-11-3-6-14-13(10-11)15(7-8-19-14)21-9-1-2-16(21)17(22)20-12-4-5-12/h3,6-8,10,12,16H,1-2,4-5,9H2,(H,20,22). The molecule has 1 aliphatic heterocycles. The van der Waals surface area contributed by atoms with Crippen molar-refractivity contribution < 1.29 is 4.79 Å². The number of rotatable bonds is 3. The van der Waals surface area contributed by atoms with Crippen molar-refractivity contribution >= 4 is 38.4 Å². The van der Waals surface area contributed by atoms with Crippen molar-refractivity contribution in [2.24, 2.45) is 0 Å². The number of fused-ring (bicyclic) bond motifs is 1. The summed E-state index contributed by atoms with van der Waals surface area (Å²) in [4.78, 5) is 19.2. The highest BCUT2D eigenvalue weighted by atomic mass is 79.9. The molecule has 1 saturated carbocycles. The molecule has 4 rings (SSSR count). The first-order chi connectivity index (χ1) is 10.7. The van der Waals surface area contributed by atoms with Crippen molar-refractivity contribution in [2.45, 2.75) is 37.8 Å². The molecule has 0 radical (unpaired) electrons. The van der Waals surface area contributed by atoms with E-state index in [1.165, 1.54) is 0 Å². The Balaban J connectivity index is 1.70. The fraction of sp³-hybridized carbons (Fsp3) is 0.412. The molecule has 4 nitrogen and oxygen atoms in total. The molecule has 0 bridgehead atoms. The molecule has 1 aliphatic carbocycles. The lowest BCUT2D eigenvalue weighted by molar-refractivity contribution is -0.122. The summed E-state index contributed by atoms with van der Waals surface area (Å²) < 4.78 is 1.03. The molecule has 1 amide bonds. The van der Waals surface area contributed by atoms with E-state index in [0.717, 1.165) is 53.3 Å². The molecular weight excluding hydrogens is 342 g/mol. The topological polar surface area (TPSA) is 45.2 Å². The van der Waals surface area contributed by atoms with Crippen molar-refractivity contribution in [1.29, 1.82) is 0 Å². The van der Waals surface area contributed by atoms with E-state index in [1.54, 1.807) is 0 Å². The first kappa shape index (κ1) is 14.0. The minimum absolute atomic E-state index is 0.0508. The molecule has 1 unspecified atom stereocenters. The van der Waals surface area contributed by atoms with E-state index >= 15 is 0 Å². The van der Waals surface area contributed by atoms with E-state index in [9.17, 15) is 4.79 Å². The van der Waals surface area contributed by atoms with Gasteiger partial charge in [-0.1, -0.05) is 15.9 Å². The van der Waals surface area contributed by atoms with Crippen molar-refractivity contribution in [3.05, 3.63) is 34.9 Å². The molecule has 1 aromatic heterocycles. The van der Waals surface area contributed by atoms with Gasteiger partial charge in [-0.2, -0.15) is 0 Å². The smallest absolute Gasteiger partial charge is 0.242 e. The molecule has 2 aliphatic rings. The highest BCUT2D eigenvalue weighted by molar-refractivity contribution is 9.10. The highest BCUT2D eigenvalue weighted by Gasteiger charge is 2.34. The Morgan fingerprint density at radius 1 is 1.27 bits per heavy atom. The van der Waals surface area contributed by atoms with Crippen LogP contribution in [0.3, 0.4) is 0 Å². The zero-order valence-electron chi connectivity index (χ0n) is 12.3. The predicted molar refractivity (Wildman–Crippen MR) is 91.0 cm³/mol. The zero-order chi connectivity index (χ0) is 15.1. The largest absolute Gasteiger partial charge is 0.359 e. The number of aromatic nitrogens is 1. The van der Waals surface area contributed by atoms with Crippen molar-refractivity contribution in [3.63, 3.8) is 0 Å². The summed E-state index contributed by atoms with van der Waals surface area (Å²) in [5.74, 6) is 0.181. The number of benzene rings is 1. The maximum absolute atomic E-state index is 12.5. The average Bonchev–Trinajstić information content (AvgIpc) is 3.19. The normalized spacial score (nSPS) is 21.3. The van der Waals surface area contributed by atoms with Crippen LogP contribution in [0.2, 0.25) is 0 Å². The molecule has 1 atom stereocenters. The zero-order valence-corrected chi connectivity index (χ0v) is 13.8. The first-order valence-electron chi connectivity index (χ1n) is 7.84. The Morgan fingerprint density at radius 2 is 2.14 bits per heavy atom. The van der Waals surface area contributed by atoms with Crippen molar-refractivity contribution in [3.8, 4) is 0 Å². The second-order valence-electron chi connectivity index (χ2n) is 6.13. The van der Waals surface area contributed by atoms with Gasteiger partial charge in [0, 0.05) is 34.3 Å². The minimum Gasteiger partial charge on any atom is -0.359 e. The van der Waals surface area contributed by atoms with Crippen LogP contribution in [0.5, 0.6) is 0 Å². The highest BCUT2D eigenvalue weighted by Crippen LogP contribution is 2.33. The van der Waals surface area contributed by atoms with Gasteiger partial charge >= 0.3 is 0 Å². The number of amides is 1. The lowest BCUT2D eigenvalue weighted by Crippen LogP contribution is -2.44. The van der Waals surface area contributed by atoms with Gasteiger partial charge in [0.15, 0.2) is 0 Å². The molecular formula is C17H18BrN3O. The summed E-state index contributed by atoms with van der Waals surface area (Å²) in [5, 5.41) is 4.25. The van der Waals surface area contributed by atoms with Gasteiger partial charge in [0.2, 0.25) is 5.91 Å². The number of nitrogens with zero attached hydrogens (tertiary/aromatic N) is 2. The van der Waals surface area contributed by atoms with Gasteiger partial charge in [0.1, 0.15) is 6.04 Å². The summed E-state index contributed by atoms with van der Waals surface area (Å²) in [6, 6.07) is 8.49. The van der Waals surface area contributed by atoms with E-state index in [0.29, 0.717) is 6.04 Å². The number of pyridine rings is 1. The number of hydrogen-bond acceptors (Lipinski definition) is 3. The number of hydrogen-bond donors (Lipinski definition) is 1. The third-order valence-corrected chi connectivity index (χ3v) is 4.96. The molecule has 2 fully saturated rings. The number of nitrogens with one attached hydrogen (secondary N) is 1. The van der Waals surface area contributed by atoms with E-state index < -0.39 is 0 Å². The Hall–Kier alpha value is -1.62. The molecule has 1 aromatic carbocycles. The number of anilines is 1. The summed E-state index contributed by atoms with van der Waals surface area (Å²) in [5.41, 5.74) is 2.08. The van der Waals surface area contributed by atoms with E-state index in [4.69, 9.17) is 0 Å². The summed E-state index contributed by atoms with van der Waals surface area (Å²) >= 11 is 3.53. The van der Waals surface area contributed by atoms with Gasteiger partial charge in [0.05, 0.1) is 5.52 Å². The van der Waals surface area contributed by atoms with Crippen LogP contribution in [-0.4, -0.2) is 29.5 Å². The average molecular weight is 360 g/mol. The van der Waals surface area contributed by atoms with E-state index in [1.807, 2.05) is 24.4 Å². The maximum atomic E-state index is 12.5. The number of carbonyl (C=O) groups is 1. The van der Waals surface area contributed by atoms with Crippen LogP contribution in [0.25, 0.3) is 10.9 Å². The summed E-state index contributed by atoms with van der Waals surface area (Å²) in [6.45, 7) is 0.925. The van der Waals surface area contributed by atoms with E-state index in [2.05, 4.69) is 37.2 Å². The van der Waals surface area contributed by atoms with Crippen LogP contribution in [0.1, 0.15) is 25.7 Å². The molecule has 1 saturated heterocycles. The van der Waals surface area contributed by atoms with Crippen LogP contribution >= 0.6 is 15.9 Å². The summed E-state index contributed by atoms with van der Waals surface area (Å²) in [7, 11) is 0. The van der Waals surface area contributed by atoms with Crippen LogP contribution in [0.4, 0.5) is 5.69 Å². The molecule has 114 valence electrons. The molecule has 5 heteroatoms. The number of halogens is 1. The lowest BCUT2D eigenvalue weighted by Gasteiger charge is -2.27. The summed E-state index contributed by atoms with van der Waals surface area (Å²) in [6.07, 6.45) is 6.07. The van der Waals surface area contributed by atoms with Crippen LogP contribution in [0.15, 0.2) is 34.9 Å². The minimum atomic E-state index is -0.0508. The van der Waals surface area contributed by atoms with Crippen LogP contribution < -0.4 is 10.2 Å². The predicted octanol–water partition coefficient (Wildman–Crippen LogP) is 3.24. The Kier molecular flexibility index (Phi) is 3.53. The Bertz CT molecular complexity index is 729. The van der Waals surface area contributed by atoms with Crippen molar-refractivity contribution in [2.75, 3.05) is 11.4 Å². The van der Waals surface area contributed by atoms with Gasteiger partial charge in [-0.3, -0.25) is 9.78 Å². The third-order valence-electron chi connectivity index (χ3n) is 4.47. The first-order valence-corrected chi connectivity index (χ1v) is 8.63. The van der Waals surface area contributed by atoms with Gasteiger partial charge in [-0.25, -0.2) is 0 Å². The second kappa shape index (κ2) is 5.54. The Morgan fingerprint density at radius 3 is 2.95 bits per heavy atom. The molecule has 2 heterocycles. The Labute approximate surface area is 138 Å². The van der Waals surface area contributed by atoms with Crippen LogP contribution in [0, 0.1) is 0 Å². The van der Waals surface area contributed by atoms with Gasteiger partial charge in [-0.05, 0) is 49.9 Å². The lowest BCUT2D eigenvalue weighted by atomic mass is 10.1. The monoisotopic (exact) mass is 359 g/mol. The molecule has 22 heavy (non-hydrogen) atoms. The quantitative estimate of drug-likeness (QED) is 0.914. The van der Waals surface area contributed by atoms with Gasteiger partial charge in [-0.15, -0.1) is 0 Å².